The van der Waals surface area contributed by atoms with Gasteiger partial charge >= 0.3 is 5.97 Å². The van der Waals surface area contributed by atoms with E-state index >= 15 is 0 Å². The topological polar surface area (TPSA) is 69.6 Å². The van der Waals surface area contributed by atoms with Gasteiger partial charge in [-0.05, 0) is 7.05 Å². The summed E-state index contributed by atoms with van der Waals surface area (Å²) in [6.07, 6.45) is 0. The first-order chi connectivity index (χ1) is 5.52. The molecule has 0 aromatic heterocycles. The summed E-state index contributed by atoms with van der Waals surface area (Å²) in [6.45, 7) is 2.46. The quantitative estimate of drug-likeness (QED) is 0.569. The van der Waals surface area contributed by atoms with Crippen LogP contribution in [0.3, 0.4) is 0 Å². The molecule has 5 nitrogen and oxygen atoms in total. The summed E-state index contributed by atoms with van der Waals surface area (Å²) in [5.74, 6) is -0.959. The maximum Gasteiger partial charge on any atom is 0.317 e. The molecular weight excluding hydrogens is 160 g/mol. The average Bonchev–Trinajstić information content (AvgIpc) is 1.84. The molecule has 0 aromatic carbocycles. The third-order valence-electron chi connectivity index (χ3n) is 1.27. The molecule has 0 aliphatic heterocycles. The third-order valence-corrected chi connectivity index (χ3v) is 1.27. The average molecular weight is 174 g/mol. The Morgan fingerprint density at radius 2 is 2.08 bits per heavy atom. The fraction of sp³-hybridized carbons (Fsp3) is 0.714. The van der Waals surface area contributed by atoms with E-state index in [-0.39, 0.29) is 12.5 Å². The van der Waals surface area contributed by atoms with Crippen molar-refractivity contribution in [3.63, 3.8) is 0 Å². The number of hydrogen-bond donors (Lipinski definition) is 2. The van der Waals surface area contributed by atoms with Crippen LogP contribution in [0.4, 0.5) is 0 Å². The van der Waals surface area contributed by atoms with Gasteiger partial charge in [-0.3, -0.25) is 14.5 Å². The van der Waals surface area contributed by atoms with Gasteiger partial charge in [0.25, 0.3) is 0 Å². The van der Waals surface area contributed by atoms with Crippen LogP contribution in [-0.2, 0) is 9.59 Å². The highest BCUT2D eigenvalue weighted by Gasteiger charge is 2.02. The van der Waals surface area contributed by atoms with E-state index in [0.29, 0.717) is 13.1 Å². The summed E-state index contributed by atoms with van der Waals surface area (Å²) in [5.41, 5.74) is 0. The maximum absolute atomic E-state index is 10.4. The van der Waals surface area contributed by atoms with Crippen LogP contribution in [0.1, 0.15) is 6.92 Å². The summed E-state index contributed by atoms with van der Waals surface area (Å²) < 4.78 is 0. The second-order valence-electron chi connectivity index (χ2n) is 2.61. The van der Waals surface area contributed by atoms with Crippen LogP contribution in [-0.4, -0.2) is 48.6 Å². The molecule has 0 fully saturated rings. The molecule has 0 unspecified atom stereocenters. The molecule has 0 rings (SSSR count). The van der Waals surface area contributed by atoms with E-state index in [1.54, 1.807) is 11.9 Å². The van der Waals surface area contributed by atoms with Gasteiger partial charge in [0.1, 0.15) is 0 Å². The summed E-state index contributed by atoms with van der Waals surface area (Å²) in [6, 6.07) is 0. The van der Waals surface area contributed by atoms with Crippen LogP contribution >= 0.6 is 0 Å². The normalized spacial score (nSPS) is 9.92. The minimum absolute atomic E-state index is 0.000412. The lowest BCUT2D eigenvalue weighted by atomic mass is 10.5. The minimum atomic E-state index is -0.861. The number of carbonyl (C=O) groups is 2. The van der Waals surface area contributed by atoms with Gasteiger partial charge in [-0.1, -0.05) is 0 Å². The van der Waals surface area contributed by atoms with E-state index in [1.165, 1.54) is 6.92 Å². The van der Waals surface area contributed by atoms with Crippen LogP contribution in [0.2, 0.25) is 0 Å². The van der Waals surface area contributed by atoms with Crippen molar-refractivity contribution in [1.82, 2.24) is 10.2 Å². The zero-order valence-corrected chi connectivity index (χ0v) is 7.33. The van der Waals surface area contributed by atoms with Gasteiger partial charge in [0.05, 0.1) is 6.54 Å². The van der Waals surface area contributed by atoms with E-state index in [2.05, 4.69) is 5.32 Å². The van der Waals surface area contributed by atoms with Crippen LogP contribution in [0.25, 0.3) is 0 Å². The van der Waals surface area contributed by atoms with Crippen molar-refractivity contribution in [2.45, 2.75) is 6.92 Å². The Kier molecular flexibility index (Phi) is 5.03. The zero-order chi connectivity index (χ0) is 9.56. The number of carboxylic acids is 1. The lowest BCUT2D eigenvalue weighted by Gasteiger charge is -2.13. The third kappa shape index (κ3) is 7.01. The number of carbonyl (C=O) groups excluding carboxylic acids is 1. The monoisotopic (exact) mass is 174 g/mol. The molecule has 2 N–H and O–H groups in total. The van der Waals surface area contributed by atoms with E-state index < -0.39 is 5.97 Å². The van der Waals surface area contributed by atoms with E-state index in [0.717, 1.165) is 0 Å². The van der Waals surface area contributed by atoms with Crippen LogP contribution in [0, 0.1) is 0 Å². The van der Waals surface area contributed by atoms with E-state index in [1.807, 2.05) is 0 Å². The van der Waals surface area contributed by atoms with E-state index in [4.69, 9.17) is 5.11 Å². The summed E-state index contributed by atoms with van der Waals surface area (Å²) in [4.78, 5) is 22.2. The minimum Gasteiger partial charge on any atom is -0.480 e. The highest BCUT2D eigenvalue weighted by Crippen LogP contribution is 1.79. The van der Waals surface area contributed by atoms with Crippen molar-refractivity contribution >= 4 is 11.9 Å². The maximum atomic E-state index is 10.4. The first kappa shape index (κ1) is 10.9. The van der Waals surface area contributed by atoms with Gasteiger partial charge in [-0.25, -0.2) is 0 Å². The van der Waals surface area contributed by atoms with Gasteiger partial charge in [0, 0.05) is 20.0 Å². The van der Waals surface area contributed by atoms with Crippen molar-refractivity contribution in [3.8, 4) is 0 Å². The molecule has 5 heteroatoms. The summed E-state index contributed by atoms with van der Waals surface area (Å²) in [7, 11) is 1.69. The number of rotatable bonds is 5. The largest absolute Gasteiger partial charge is 0.480 e. The van der Waals surface area contributed by atoms with Gasteiger partial charge in [-0.15, -0.1) is 0 Å². The Hall–Kier alpha value is -1.10. The second-order valence-corrected chi connectivity index (χ2v) is 2.61. The number of hydrogen-bond acceptors (Lipinski definition) is 3. The lowest BCUT2D eigenvalue weighted by molar-refractivity contribution is -0.137. The predicted molar refractivity (Wildman–Crippen MR) is 43.8 cm³/mol. The molecule has 0 bridgehead atoms. The number of amides is 1. The zero-order valence-electron chi connectivity index (χ0n) is 7.33. The molecule has 12 heavy (non-hydrogen) atoms. The van der Waals surface area contributed by atoms with Crippen LogP contribution in [0.15, 0.2) is 0 Å². The highest BCUT2D eigenvalue weighted by molar-refractivity contribution is 5.72. The summed E-state index contributed by atoms with van der Waals surface area (Å²) >= 11 is 0. The number of aliphatic carboxylic acids is 1. The SMILES string of the molecule is CC(=O)NCCN(C)CC(=O)O. The first-order valence-corrected chi connectivity index (χ1v) is 3.67. The molecule has 0 saturated heterocycles. The fourth-order valence-corrected chi connectivity index (χ4v) is 0.733. The Morgan fingerprint density at radius 1 is 1.50 bits per heavy atom. The van der Waals surface area contributed by atoms with Crippen LogP contribution < -0.4 is 5.32 Å². The van der Waals surface area contributed by atoms with Gasteiger partial charge < -0.3 is 10.4 Å². The van der Waals surface area contributed by atoms with Crippen LogP contribution in [0.5, 0.6) is 0 Å². The number of nitrogens with one attached hydrogen (secondary N) is 1. The number of likely N-dealkylation sites (N-methyl/N-ethyl adjacent to an activating group) is 1. The molecule has 0 aromatic rings. The molecular formula is C7H14N2O3. The van der Waals surface area contributed by atoms with Crippen molar-refractivity contribution in [1.29, 1.82) is 0 Å². The fourth-order valence-electron chi connectivity index (χ4n) is 0.733. The Morgan fingerprint density at radius 3 is 2.50 bits per heavy atom. The Bertz CT molecular complexity index is 170. The smallest absolute Gasteiger partial charge is 0.317 e. The van der Waals surface area contributed by atoms with Gasteiger partial charge in [0.15, 0.2) is 0 Å². The van der Waals surface area contributed by atoms with Gasteiger partial charge in [0.2, 0.25) is 5.91 Å². The van der Waals surface area contributed by atoms with E-state index in [9.17, 15) is 9.59 Å². The molecule has 0 spiro atoms. The van der Waals surface area contributed by atoms with Gasteiger partial charge in [-0.2, -0.15) is 0 Å². The lowest BCUT2D eigenvalue weighted by Crippen LogP contribution is -2.34. The molecule has 0 radical (unpaired) electrons. The molecule has 0 aliphatic rings. The van der Waals surface area contributed by atoms with Crippen molar-refractivity contribution in [2.75, 3.05) is 26.7 Å². The van der Waals surface area contributed by atoms with Crippen molar-refractivity contribution in [2.24, 2.45) is 0 Å². The molecule has 0 atom stereocenters. The molecule has 1 amide bonds. The molecule has 0 heterocycles. The van der Waals surface area contributed by atoms with Crippen molar-refractivity contribution < 1.29 is 14.7 Å². The molecule has 0 saturated carbocycles. The number of carboxylic acid groups (broad SMARTS) is 1. The molecule has 0 aliphatic carbocycles. The standard InChI is InChI=1S/C7H14N2O3/c1-6(10)8-3-4-9(2)5-7(11)12/h3-5H2,1-2H3,(H,8,10)(H,11,12). The highest BCUT2D eigenvalue weighted by atomic mass is 16.4. The van der Waals surface area contributed by atoms with Crippen molar-refractivity contribution in [3.05, 3.63) is 0 Å². The second kappa shape index (κ2) is 5.54. The Balaban J connectivity index is 3.37. The molecule has 70 valence electrons. The Labute approximate surface area is 71.4 Å². The first-order valence-electron chi connectivity index (χ1n) is 3.67. The summed E-state index contributed by atoms with van der Waals surface area (Å²) in [5, 5.41) is 10.9. The predicted octanol–water partition coefficient (Wildman–Crippen LogP) is -0.861. The number of nitrogens with zero attached hydrogens (tertiary/aromatic N) is 1.